The first-order valence-corrected chi connectivity index (χ1v) is 5.03. The molecule has 4 nitrogen and oxygen atoms in total. The predicted octanol–water partition coefficient (Wildman–Crippen LogP) is 3.58. The van der Waals surface area contributed by atoms with Crippen LogP contribution in [0.3, 0.4) is 0 Å². The maximum Gasteiger partial charge on any atom is 0.401 e. The van der Waals surface area contributed by atoms with Crippen molar-refractivity contribution in [2.24, 2.45) is 0 Å². The SMILES string of the molecule is C=C(O)c1cc(O)c(C(C=CO)=CC)[o+]c1C. The van der Waals surface area contributed by atoms with Crippen molar-refractivity contribution in [3.05, 3.63) is 48.1 Å². The molecule has 90 valence electrons. The number of aryl methyl sites for hydroxylation is 1. The van der Waals surface area contributed by atoms with Crippen LogP contribution in [-0.2, 0) is 0 Å². The number of allylic oxidation sites excluding steroid dienone is 3. The Labute approximate surface area is 99.5 Å². The Kier molecular flexibility index (Phi) is 3.93. The van der Waals surface area contributed by atoms with E-state index < -0.39 is 0 Å². The molecule has 0 amide bonds. The third kappa shape index (κ3) is 2.66. The Morgan fingerprint density at radius 3 is 2.59 bits per heavy atom. The van der Waals surface area contributed by atoms with Gasteiger partial charge in [-0.15, -0.1) is 0 Å². The van der Waals surface area contributed by atoms with Gasteiger partial charge in [-0.1, -0.05) is 12.7 Å². The molecule has 0 unspecified atom stereocenters. The molecular formula is C13H15O4+. The summed E-state index contributed by atoms with van der Waals surface area (Å²) in [5.74, 6) is 0.344. The lowest BCUT2D eigenvalue weighted by atomic mass is 10.1. The van der Waals surface area contributed by atoms with Crippen molar-refractivity contribution < 1.29 is 19.7 Å². The van der Waals surface area contributed by atoms with Crippen LogP contribution in [0.2, 0.25) is 0 Å². The number of hydrogen-bond donors (Lipinski definition) is 3. The highest BCUT2D eigenvalue weighted by Crippen LogP contribution is 2.31. The second-order valence-corrected chi connectivity index (χ2v) is 3.44. The van der Waals surface area contributed by atoms with Crippen molar-refractivity contribution >= 4 is 11.3 Å². The molecule has 0 spiro atoms. The van der Waals surface area contributed by atoms with Crippen molar-refractivity contribution in [1.29, 1.82) is 0 Å². The van der Waals surface area contributed by atoms with Gasteiger partial charge in [-0.25, -0.2) is 4.42 Å². The van der Waals surface area contributed by atoms with E-state index in [-0.39, 0.29) is 17.3 Å². The Balaban J connectivity index is 3.38. The standard InChI is InChI=1S/C13H14O4/c1-4-10(5-6-14)13-12(16)7-11(8(2)15)9(3)17-13/h4-7H,2H2,1,3H3,(H2-,14,15,16)/p+1. The van der Waals surface area contributed by atoms with E-state index >= 15 is 0 Å². The molecule has 0 saturated heterocycles. The molecule has 1 aromatic heterocycles. The van der Waals surface area contributed by atoms with E-state index in [1.165, 1.54) is 12.1 Å². The topological polar surface area (TPSA) is 72.0 Å². The normalized spacial score (nSPS) is 12.0. The number of rotatable bonds is 3. The lowest BCUT2D eigenvalue weighted by molar-refractivity contribution is 0.412. The lowest BCUT2D eigenvalue weighted by Gasteiger charge is -1.99. The third-order valence-corrected chi connectivity index (χ3v) is 2.29. The maximum absolute atomic E-state index is 9.79. The molecule has 0 atom stereocenters. The predicted molar refractivity (Wildman–Crippen MR) is 66.6 cm³/mol. The van der Waals surface area contributed by atoms with Gasteiger partial charge in [0.05, 0.1) is 18.8 Å². The number of aliphatic hydroxyl groups excluding tert-OH is 2. The second-order valence-electron chi connectivity index (χ2n) is 3.44. The first kappa shape index (κ1) is 12.8. The van der Waals surface area contributed by atoms with Gasteiger partial charge in [-0.3, -0.25) is 0 Å². The molecule has 4 heteroatoms. The van der Waals surface area contributed by atoms with E-state index in [1.54, 1.807) is 19.9 Å². The zero-order valence-electron chi connectivity index (χ0n) is 9.77. The summed E-state index contributed by atoms with van der Waals surface area (Å²) in [7, 11) is 0. The number of hydrogen-bond acceptors (Lipinski definition) is 3. The van der Waals surface area contributed by atoms with Crippen LogP contribution >= 0.6 is 0 Å². The van der Waals surface area contributed by atoms with Crippen LogP contribution < -0.4 is 0 Å². The van der Waals surface area contributed by atoms with Gasteiger partial charge in [-0.05, 0) is 13.0 Å². The van der Waals surface area contributed by atoms with Crippen LogP contribution in [0, 0.1) is 6.92 Å². The maximum atomic E-state index is 9.79. The Morgan fingerprint density at radius 2 is 2.12 bits per heavy atom. The minimum atomic E-state index is -0.173. The second kappa shape index (κ2) is 5.21. The average molecular weight is 235 g/mol. The van der Waals surface area contributed by atoms with Crippen molar-refractivity contribution in [3.8, 4) is 5.75 Å². The molecule has 1 rings (SSSR count). The van der Waals surface area contributed by atoms with E-state index in [9.17, 15) is 10.2 Å². The van der Waals surface area contributed by atoms with Gasteiger partial charge in [0.2, 0.25) is 5.75 Å². The van der Waals surface area contributed by atoms with E-state index in [4.69, 9.17) is 9.52 Å². The van der Waals surface area contributed by atoms with Crippen LogP contribution in [0.4, 0.5) is 0 Å². The highest BCUT2D eigenvalue weighted by molar-refractivity contribution is 5.74. The fraction of sp³-hybridized carbons (Fsp3) is 0.154. The molecule has 17 heavy (non-hydrogen) atoms. The monoisotopic (exact) mass is 235 g/mol. The number of aliphatic hydroxyl groups is 2. The fourth-order valence-corrected chi connectivity index (χ4v) is 1.44. The van der Waals surface area contributed by atoms with Crippen LogP contribution in [0.25, 0.3) is 11.3 Å². The van der Waals surface area contributed by atoms with E-state index in [0.717, 1.165) is 6.26 Å². The van der Waals surface area contributed by atoms with Gasteiger partial charge in [-0.2, -0.15) is 0 Å². The average Bonchev–Trinajstić information content (AvgIpc) is 2.28. The van der Waals surface area contributed by atoms with E-state index in [2.05, 4.69) is 6.58 Å². The highest BCUT2D eigenvalue weighted by Gasteiger charge is 2.24. The molecule has 1 aromatic rings. The minimum Gasteiger partial charge on any atom is -0.516 e. The molecule has 0 saturated carbocycles. The fourth-order valence-electron chi connectivity index (χ4n) is 1.44. The molecule has 0 bridgehead atoms. The summed E-state index contributed by atoms with van der Waals surface area (Å²) >= 11 is 0. The molecule has 0 aliphatic rings. The van der Waals surface area contributed by atoms with Crippen molar-refractivity contribution in [2.45, 2.75) is 13.8 Å². The highest BCUT2D eigenvalue weighted by atomic mass is 16.4. The van der Waals surface area contributed by atoms with Crippen molar-refractivity contribution in [2.75, 3.05) is 0 Å². The first-order chi connectivity index (χ1) is 8.01. The summed E-state index contributed by atoms with van der Waals surface area (Å²) in [5, 5.41) is 27.8. The first-order valence-electron chi connectivity index (χ1n) is 5.03. The molecule has 3 N–H and O–H groups in total. The Hall–Kier alpha value is -2.23. The summed E-state index contributed by atoms with van der Waals surface area (Å²) in [6, 6.07) is 1.37. The van der Waals surface area contributed by atoms with Crippen molar-refractivity contribution in [1.82, 2.24) is 0 Å². The van der Waals surface area contributed by atoms with Crippen LogP contribution in [0.1, 0.15) is 24.0 Å². The third-order valence-electron chi connectivity index (χ3n) is 2.29. The molecule has 0 aromatic carbocycles. The van der Waals surface area contributed by atoms with Crippen molar-refractivity contribution in [3.63, 3.8) is 0 Å². The Morgan fingerprint density at radius 1 is 1.47 bits per heavy atom. The van der Waals surface area contributed by atoms with Gasteiger partial charge in [0.15, 0.2) is 0 Å². The summed E-state index contributed by atoms with van der Waals surface area (Å²) in [6.45, 7) is 6.77. The Bertz CT molecular complexity index is 498. The summed E-state index contributed by atoms with van der Waals surface area (Å²) in [4.78, 5) is 0. The van der Waals surface area contributed by atoms with Gasteiger partial charge in [0.25, 0.3) is 0 Å². The van der Waals surface area contributed by atoms with E-state index in [1.807, 2.05) is 0 Å². The van der Waals surface area contributed by atoms with Gasteiger partial charge in [0, 0.05) is 6.07 Å². The quantitative estimate of drug-likeness (QED) is 0.425. The minimum absolute atomic E-state index is 0.132. The van der Waals surface area contributed by atoms with Gasteiger partial charge < -0.3 is 15.3 Å². The molecule has 1 heterocycles. The van der Waals surface area contributed by atoms with Gasteiger partial charge in [0.1, 0.15) is 11.3 Å². The van der Waals surface area contributed by atoms with Crippen LogP contribution in [-0.4, -0.2) is 15.3 Å². The van der Waals surface area contributed by atoms with Crippen LogP contribution in [0.15, 0.2) is 35.5 Å². The molecular weight excluding hydrogens is 220 g/mol. The molecule has 0 fully saturated rings. The molecule has 0 aliphatic heterocycles. The van der Waals surface area contributed by atoms with Crippen LogP contribution in [0.5, 0.6) is 5.75 Å². The zero-order valence-corrected chi connectivity index (χ0v) is 9.77. The largest absolute Gasteiger partial charge is 0.516 e. The summed E-state index contributed by atoms with van der Waals surface area (Å²) < 4.78 is 5.40. The van der Waals surface area contributed by atoms with Gasteiger partial charge >= 0.3 is 11.5 Å². The molecule has 0 radical (unpaired) electrons. The molecule has 0 aliphatic carbocycles. The number of aromatic hydroxyl groups is 1. The van der Waals surface area contributed by atoms with E-state index in [0.29, 0.717) is 16.9 Å². The summed E-state index contributed by atoms with van der Waals surface area (Å²) in [5.41, 5.74) is 0.873. The summed E-state index contributed by atoms with van der Waals surface area (Å²) in [6.07, 6.45) is 3.93. The lowest BCUT2D eigenvalue weighted by Crippen LogP contribution is -1.91. The zero-order chi connectivity index (χ0) is 13.0. The smallest absolute Gasteiger partial charge is 0.401 e.